The average Bonchev–Trinajstić information content (AvgIpc) is 3.14. The molecule has 5 rings (SSSR count). The molecule has 6 nitrogen and oxygen atoms in total. The number of hydrogen-bond donors (Lipinski definition) is 1. The third-order valence-corrected chi connectivity index (χ3v) is 7.04. The Hall–Kier alpha value is -3.36. The number of thioether (sulfide) groups is 1. The molecule has 5 aromatic rings. The molecule has 8 heteroatoms. The molecule has 0 fully saturated rings. The first-order valence-corrected chi connectivity index (χ1v) is 11.4. The van der Waals surface area contributed by atoms with Crippen LogP contribution >= 0.6 is 23.1 Å². The molecule has 0 unspecified atom stereocenters. The van der Waals surface area contributed by atoms with E-state index in [1.807, 2.05) is 24.3 Å². The van der Waals surface area contributed by atoms with E-state index in [1.54, 1.807) is 35.6 Å². The van der Waals surface area contributed by atoms with E-state index in [-0.39, 0.29) is 17.4 Å². The third-order valence-electron chi connectivity index (χ3n) is 4.83. The van der Waals surface area contributed by atoms with Gasteiger partial charge in [0.1, 0.15) is 16.2 Å². The zero-order chi connectivity index (χ0) is 21.4. The van der Waals surface area contributed by atoms with E-state index in [9.17, 15) is 9.59 Å². The number of carbonyl (C=O) groups is 2. The second-order valence-corrected chi connectivity index (χ2v) is 8.93. The summed E-state index contributed by atoms with van der Waals surface area (Å²) in [5.41, 5.74) is 3.07. The molecule has 0 aliphatic heterocycles. The normalized spacial score (nSPS) is 11.3. The topological polar surface area (TPSA) is 84.8 Å². The highest BCUT2D eigenvalue weighted by Crippen LogP contribution is 2.37. The van der Waals surface area contributed by atoms with E-state index in [0.29, 0.717) is 11.3 Å². The number of thiophene rings is 1. The minimum absolute atomic E-state index is 0.00747. The Balaban J connectivity index is 1.38. The summed E-state index contributed by atoms with van der Waals surface area (Å²) in [5, 5.41) is 5.68. The quantitative estimate of drug-likeness (QED) is 0.224. The molecular formula is C23H16N4O2S2. The maximum absolute atomic E-state index is 12.4. The van der Waals surface area contributed by atoms with Gasteiger partial charge in [-0.15, -0.1) is 11.3 Å². The van der Waals surface area contributed by atoms with Crippen LogP contribution in [0, 0.1) is 0 Å². The highest BCUT2D eigenvalue weighted by atomic mass is 32.2. The zero-order valence-corrected chi connectivity index (χ0v) is 18.1. The maximum atomic E-state index is 12.4. The Morgan fingerprint density at radius 1 is 1.06 bits per heavy atom. The number of hydrogen-bond acceptors (Lipinski definition) is 7. The van der Waals surface area contributed by atoms with Crippen LogP contribution in [0.1, 0.15) is 17.3 Å². The summed E-state index contributed by atoms with van der Waals surface area (Å²) < 4.78 is 0.934. The minimum Gasteiger partial charge on any atom is -0.325 e. The number of ketones is 1. The van der Waals surface area contributed by atoms with Gasteiger partial charge in [0.25, 0.3) is 0 Å². The van der Waals surface area contributed by atoms with Crippen molar-refractivity contribution in [1.82, 2.24) is 15.0 Å². The van der Waals surface area contributed by atoms with Gasteiger partial charge in [-0.05, 0) is 43.3 Å². The van der Waals surface area contributed by atoms with Gasteiger partial charge in [-0.2, -0.15) is 0 Å². The van der Waals surface area contributed by atoms with Crippen molar-refractivity contribution >= 4 is 71.8 Å². The molecular weight excluding hydrogens is 428 g/mol. The van der Waals surface area contributed by atoms with E-state index < -0.39 is 0 Å². The summed E-state index contributed by atoms with van der Waals surface area (Å²) in [7, 11) is 0. The van der Waals surface area contributed by atoms with Crippen molar-refractivity contribution in [1.29, 1.82) is 0 Å². The van der Waals surface area contributed by atoms with E-state index >= 15 is 0 Å². The monoisotopic (exact) mass is 444 g/mol. The first kappa shape index (κ1) is 19.6. The van der Waals surface area contributed by atoms with Crippen LogP contribution in [-0.2, 0) is 4.79 Å². The van der Waals surface area contributed by atoms with Gasteiger partial charge in [0, 0.05) is 22.0 Å². The summed E-state index contributed by atoms with van der Waals surface area (Å²) in [5.74, 6) is 0.0637. The van der Waals surface area contributed by atoms with Gasteiger partial charge in [-0.25, -0.2) is 15.0 Å². The molecule has 0 radical (unpaired) electrons. The lowest BCUT2D eigenvalue weighted by Crippen LogP contribution is -2.14. The van der Waals surface area contributed by atoms with Crippen LogP contribution in [0.5, 0.6) is 0 Å². The number of nitrogens with one attached hydrogen (secondary N) is 1. The van der Waals surface area contributed by atoms with Crippen molar-refractivity contribution in [2.45, 2.75) is 11.9 Å². The number of fused-ring (bicyclic) bond motifs is 4. The van der Waals surface area contributed by atoms with Crippen molar-refractivity contribution < 1.29 is 9.59 Å². The number of para-hydroxylation sites is 1. The highest BCUT2D eigenvalue weighted by Gasteiger charge is 2.15. The fraction of sp³-hybridized carbons (Fsp3) is 0.0870. The summed E-state index contributed by atoms with van der Waals surface area (Å²) >= 11 is 2.91. The van der Waals surface area contributed by atoms with Gasteiger partial charge in [-0.3, -0.25) is 9.59 Å². The molecule has 0 aliphatic carbocycles. The lowest BCUT2D eigenvalue weighted by Gasteiger charge is -2.06. The van der Waals surface area contributed by atoms with Crippen LogP contribution in [0.25, 0.3) is 31.3 Å². The molecule has 1 amide bonds. The Kier molecular flexibility index (Phi) is 5.09. The van der Waals surface area contributed by atoms with Crippen LogP contribution in [0.2, 0.25) is 0 Å². The van der Waals surface area contributed by atoms with Crippen LogP contribution in [0.15, 0.2) is 66.0 Å². The summed E-state index contributed by atoms with van der Waals surface area (Å²) in [6.45, 7) is 1.51. The smallest absolute Gasteiger partial charge is 0.234 e. The maximum Gasteiger partial charge on any atom is 0.234 e. The fourth-order valence-corrected chi connectivity index (χ4v) is 5.30. The van der Waals surface area contributed by atoms with Gasteiger partial charge >= 0.3 is 0 Å². The number of aromatic nitrogens is 3. The largest absolute Gasteiger partial charge is 0.325 e. The second-order valence-electron chi connectivity index (χ2n) is 6.96. The van der Waals surface area contributed by atoms with E-state index in [2.05, 4.69) is 21.4 Å². The highest BCUT2D eigenvalue weighted by molar-refractivity contribution is 8.00. The van der Waals surface area contributed by atoms with E-state index in [0.717, 1.165) is 36.4 Å². The molecule has 31 heavy (non-hydrogen) atoms. The van der Waals surface area contributed by atoms with Gasteiger partial charge in [0.05, 0.1) is 21.5 Å². The number of amides is 1. The number of nitrogens with zero attached hydrogens (tertiary/aromatic N) is 3. The molecule has 0 aliphatic rings. The lowest BCUT2D eigenvalue weighted by molar-refractivity contribution is -0.113. The number of pyridine rings is 1. The fourth-order valence-electron chi connectivity index (χ4n) is 3.31. The van der Waals surface area contributed by atoms with Crippen molar-refractivity contribution in [2.75, 3.05) is 11.1 Å². The molecule has 0 atom stereocenters. The minimum atomic E-state index is -0.141. The molecule has 0 saturated heterocycles. The number of benzene rings is 2. The Morgan fingerprint density at radius 3 is 2.68 bits per heavy atom. The molecule has 0 bridgehead atoms. The molecule has 3 aromatic heterocycles. The van der Waals surface area contributed by atoms with Crippen molar-refractivity contribution in [3.63, 3.8) is 0 Å². The third kappa shape index (κ3) is 3.87. The average molecular weight is 445 g/mol. The summed E-state index contributed by atoms with van der Waals surface area (Å²) in [6.07, 6.45) is 1.53. The van der Waals surface area contributed by atoms with Gasteiger partial charge < -0.3 is 5.32 Å². The summed E-state index contributed by atoms with van der Waals surface area (Å²) in [6, 6.07) is 17.0. The Labute approximate surface area is 185 Å². The molecule has 0 spiro atoms. The molecule has 1 N–H and O–H groups in total. The molecule has 152 valence electrons. The second kappa shape index (κ2) is 8.05. The number of rotatable bonds is 5. The van der Waals surface area contributed by atoms with Crippen LogP contribution in [0.3, 0.4) is 0 Å². The van der Waals surface area contributed by atoms with Crippen molar-refractivity contribution in [3.8, 4) is 0 Å². The van der Waals surface area contributed by atoms with Crippen molar-refractivity contribution in [3.05, 3.63) is 66.5 Å². The SMILES string of the molecule is CC(=O)c1ccc(NC(=O)CSc2ncnc3c2sc2nc4ccccc4cc23)cc1. The predicted octanol–water partition coefficient (Wildman–Crippen LogP) is 5.33. The number of anilines is 1. The number of Topliss-reactive ketones (excluding diaryl/α,β-unsaturated/α-hetero) is 1. The Bertz CT molecular complexity index is 1460. The summed E-state index contributed by atoms with van der Waals surface area (Å²) in [4.78, 5) is 38.3. The van der Waals surface area contributed by atoms with Gasteiger partial charge in [-0.1, -0.05) is 30.0 Å². The molecule has 0 saturated carbocycles. The molecule has 3 heterocycles. The lowest BCUT2D eigenvalue weighted by atomic mass is 10.1. The van der Waals surface area contributed by atoms with Crippen LogP contribution < -0.4 is 5.32 Å². The zero-order valence-electron chi connectivity index (χ0n) is 16.5. The van der Waals surface area contributed by atoms with Crippen molar-refractivity contribution in [2.24, 2.45) is 0 Å². The van der Waals surface area contributed by atoms with Crippen LogP contribution in [-0.4, -0.2) is 32.4 Å². The molecule has 2 aromatic carbocycles. The Morgan fingerprint density at radius 2 is 1.87 bits per heavy atom. The number of carbonyl (C=O) groups excluding carboxylic acids is 2. The van der Waals surface area contributed by atoms with E-state index in [1.165, 1.54) is 25.0 Å². The van der Waals surface area contributed by atoms with Gasteiger partial charge in [0.2, 0.25) is 5.91 Å². The first-order chi connectivity index (χ1) is 15.1. The van der Waals surface area contributed by atoms with E-state index in [4.69, 9.17) is 4.98 Å². The van der Waals surface area contributed by atoms with Gasteiger partial charge in [0.15, 0.2) is 5.78 Å². The first-order valence-electron chi connectivity index (χ1n) is 9.55. The predicted molar refractivity (Wildman–Crippen MR) is 126 cm³/mol. The standard InChI is InChI=1S/C23H16N4O2S2/c1-13(28)14-6-8-16(9-7-14)26-19(29)11-30-23-21-20(24-12-25-23)17-10-15-4-2-3-5-18(15)27-22(17)31-21/h2-10,12H,11H2,1H3,(H,26,29). The van der Waals surface area contributed by atoms with Crippen LogP contribution in [0.4, 0.5) is 5.69 Å².